The zero-order valence-electron chi connectivity index (χ0n) is 16.3. The highest BCUT2D eigenvalue weighted by atomic mass is 79.9. The van der Waals surface area contributed by atoms with Crippen molar-refractivity contribution in [3.8, 4) is 5.75 Å². The van der Waals surface area contributed by atoms with Crippen LogP contribution in [0.4, 0.5) is 0 Å². The number of rotatable bonds is 7. The molecule has 0 aromatic heterocycles. The first-order chi connectivity index (χ1) is 13.9. The number of methoxy groups -OCH3 is 1. The highest BCUT2D eigenvalue weighted by Crippen LogP contribution is 2.26. The second kappa shape index (κ2) is 9.73. The molecule has 0 radical (unpaired) electrons. The fourth-order valence-corrected chi connectivity index (χ4v) is 5.41. The first kappa shape index (κ1) is 21.8. The summed E-state index contributed by atoms with van der Waals surface area (Å²) in [6.45, 7) is 1.27. The van der Waals surface area contributed by atoms with Crippen molar-refractivity contribution in [3.63, 3.8) is 0 Å². The molecular formula is C21H25BrN2O4S. The Hall–Kier alpha value is -1.90. The summed E-state index contributed by atoms with van der Waals surface area (Å²) in [6, 6.07) is 14.2. The molecule has 0 unspecified atom stereocenters. The molecule has 1 heterocycles. The number of carbonyl (C=O) groups excluding carboxylic acids is 1. The molecule has 6 nitrogen and oxygen atoms in total. The first-order valence-electron chi connectivity index (χ1n) is 9.54. The third-order valence-corrected chi connectivity index (χ3v) is 7.55. The van der Waals surface area contributed by atoms with Gasteiger partial charge in [0, 0.05) is 36.1 Å². The van der Waals surface area contributed by atoms with Gasteiger partial charge in [-0.05, 0) is 49.1 Å². The van der Waals surface area contributed by atoms with Crippen molar-refractivity contribution in [2.24, 2.45) is 5.92 Å². The van der Waals surface area contributed by atoms with Crippen molar-refractivity contribution in [1.82, 2.24) is 9.62 Å². The van der Waals surface area contributed by atoms with Gasteiger partial charge in [0.15, 0.2) is 0 Å². The number of hydrogen-bond acceptors (Lipinski definition) is 4. The summed E-state index contributed by atoms with van der Waals surface area (Å²) in [7, 11) is -1.85. The van der Waals surface area contributed by atoms with Gasteiger partial charge in [-0.2, -0.15) is 4.31 Å². The number of piperidine rings is 1. The molecule has 0 bridgehead atoms. The molecule has 2 aromatic carbocycles. The maximum atomic E-state index is 12.7. The van der Waals surface area contributed by atoms with Crippen LogP contribution in [0.1, 0.15) is 24.8 Å². The van der Waals surface area contributed by atoms with Crippen molar-refractivity contribution < 1.29 is 17.9 Å². The molecule has 0 spiro atoms. The summed E-state index contributed by atoms with van der Waals surface area (Å²) < 4.78 is 33.2. The number of hydrogen-bond donors (Lipinski definition) is 1. The van der Waals surface area contributed by atoms with Gasteiger partial charge >= 0.3 is 0 Å². The summed E-state index contributed by atoms with van der Waals surface area (Å²) >= 11 is 3.43. The number of nitrogens with one attached hydrogen (secondary N) is 1. The van der Waals surface area contributed by atoms with E-state index in [1.54, 1.807) is 37.4 Å². The summed E-state index contributed by atoms with van der Waals surface area (Å²) in [4.78, 5) is 12.7. The summed E-state index contributed by atoms with van der Waals surface area (Å²) in [6.07, 6.45) is 1.76. The van der Waals surface area contributed by atoms with Crippen molar-refractivity contribution in [2.75, 3.05) is 20.2 Å². The van der Waals surface area contributed by atoms with E-state index < -0.39 is 10.0 Å². The number of amides is 1. The monoisotopic (exact) mass is 480 g/mol. The van der Waals surface area contributed by atoms with E-state index in [0.29, 0.717) is 43.8 Å². The number of carbonyl (C=O) groups is 1. The highest BCUT2D eigenvalue weighted by molar-refractivity contribution is 9.10. The standard InChI is InChI=1S/C21H25BrN2O4S/c1-28-20-8-7-18(22)14-17(20)15-23-21(25)13-16-9-11-24(12-10-16)29(26,27)19-5-3-2-4-6-19/h2-8,14,16H,9-13,15H2,1H3,(H,23,25). The third kappa shape index (κ3) is 5.58. The van der Waals surface area contributed by atoms with Crippen molar-refractivity contribution >= 4 is 31.9 Å². The van der Waals surface area contributed by atoms with Crippen LogP contribution in [0, 0.1) is 5.92 Å². The molecule has 0 atom stereocenters. The molecule has 1 saturated heterocycles. The van der Waals surface area contributed by atoms with Crippen LogP contribution < -0.4 is 10.1 Å². The quantitative estimate of drug-likeness (QED) is 0.656. The normalized spacial score (nSPS) is 15.8. The fourth-order valence-electron chi connectivity index (χ4n) is 3.51. The number of ether oxygens (including phenoxy) is 1. The van der Waals surface area contributed by atoms with Gasteiger partial charge < -0.3 is 10.1 Å². The average Bonchev–Trinajstić information content (AvgIpc) is 2.73. The van der Waals surface area contributed by atoms with Crippen LogP contribution in [0.5, 0.6) is 5.75 Å². The predicted molar refractivity (Wildman–Crippen MR) is 115 cm³/mol. The van der Waals surface area contributed by atoms with Crippen molar-refractivity contribution in [1.29, 1.82) is 0 Å². The summed E-state index contributed by atoms with van der Waals surface area (Å²) in [5, 5.41) is 2.94. The highest BCUT2D eigenvalue weighted by Gasteiger charge is 2.30. The van der Waals surface area contributed by atoms with E-state index in [-0.39, 0.29) is 11.8 Å². The van der Waals surface area contributed by atoms with Crippen LogP contribution >= 0.6 is 15.9 Å². The largest absolute Gasteiger partial charge is 0.496 e. The molecule has 156 valence electrons. The van der Waals surface area contributed by atoms with E-state index in [0.717, 1.165) is 15.8 Å². The van der Waals surface area contributed by atoms with Crippen molar-refractivity contribution in [2.45, 2.75) is 30.7 Å². The van der Waals surface area contributed by atoms with E-state index in [4.69, 9.17) is 4.74 Å². The molecule has 29 heavy (non-hydrogen) atoms. The molecule has 1 N–H and O–H groups in total. The maximum absolute atomic E-state index is 12.7. The average molecular weight is 481 g/mol. The minimum Gasteiger partial charge on any atom is -0.496 e. The minimum atomic E-state index is -3.46. The lowest BCUT2D eigenvalue weighted by Gasteiger charge is -2.31. The lowest BCUT2D eigenvalue weighted by atomic mass is 9.94. The number of nitrogens with zero attached hydrogens (tertiary/aromatic N) is 1. The van der Waals surface area contributed by atoms with Crippen LogP contribution in [0.25, 0.3) is 0 Å². The fraction of sp³-hybridized carbons (Fsp3) is 0.381. The molecule has 2 aromatic rings. The molecule has 0 aliphatic carbocycles. The van der Waals surface area contributed by atoms with Crippen LogP contribution in [-0.2, 0) is 21.4 Å². The van der Waals surface area contributed by atoms with Crippen LogP contribution in [0.3, 0.4) is 0 Å². The lowest BCUT2D eigenvalue weighted by molar-refractivity contribution is -0.122. The minimum absolute atomic E-state index is 0.0311. The Balaban J connectivity index is 1.50. The number of benzene rings is 2. The van der Waals surface area contributed by atoms with Crippen LogP contribution in [0.15, 0.2) is 57.9 Å². The van der Waals surface area contributed by atoms with Gasteiger partial charge in [0.25, 0.3) is 0 Å². The van der Waals surface area contributed by atoms with Gasteiger partial charge in [0.1, 0.15) is 5.75 Å². The van der Waals surface area contributed by atoms with Gasteiger partial charge in [0.2, 0.25) is 15.9 Å². The summed E-state index contributed by atoms with van der Waals surface area (Å²) in [5.74, 6) is 0.881. The smallest absolute Gasteiger partial charge is 0.243 e. The molecular weight excluding hydrogens is 456 g/mol. The van der Waals surface area contributed by atoms with E-state index in [1.807, 2.05) is 18.2 Å². The van der Waals surface area contributed by atoms with E-state index in [2.05, 4.69) is 21.2 Å². The Morgan fingerprint density at radius 2 is 1.86 bits per heavy atom. The first-order valence-corrected chi connectivity index (χ1v) is 11.8. The van der Waals surface area contributed by atoms with Gasteiger partial charge in [-0.25, -0.2) is 8.42 Å². The molecule has 0 saturated carbocycles. The second-order valence-corrected chi connectivity index (χ2v) is 9.95. The molecule has 1 fully saturated rings. The number of halogens is 1. The maximum Gasteiger partial charge on any atom is 0.243 e. The molecule has 1 aliphatic rings. The Bertz CT molecular complexity index is 942. The Kier molecular flexibility index (Phi) is 7.32. The van der Waals surface area contributed by atoms with Gasteiger partial charge in [-0.3, -0.25) is 4.79 Å². The molecule has 8 heteroatoms. The van der Waals surface area contributed by atoms with E-state index in [9.17, 15) is 13.2 Å². The van der Waals surface area contributed by atoms with Crippen LogP contribution in [0.2, 0.25) is 0 Å². The van der Waals surface area contributed by atoms with E-state index in [1.165, 1.54) is 4.31 Å². The van der Waals surface area contributed by atoms with Crippen molar-refractivity contribution in [3.05, 3.63) is 58.6 Å². The van der Waals surface area contributed by atoms with Gasteiger partial charge in [-0.15, -0.1) is 0 Å². The van der Waals surface area contributed by atoms with Gasteiger partial charge in [0.05, 0.1) is 12.0 Å². The lowest BCUT2D eigenvalue weighted by Crippen LogP contribution is -2.39. The topological polar surface area (TPSA) is 75.7 Å². The molecule has 1 amide bonds. The van der Waals surface area contributed by atoms with E-state index >= 15 is 0 Å². The Morgan fingerprint density at radius 1 is 1.17 bits per heavy atom. The number of sulfonamides is 1. The van der Waals surface area contributed by atoms with Crippen LogP contribution in [-0.4, -0.2) is 38.8 Å². The zero-order valence-corrected chi connectivity index (χ0v) is 18.7. The molecule has 3 rings (SSSR count). The Morgan fingerprint density at radius 3 is 2.52 bits per heavy atom. The SMILES string of the molecule is COc1ccc(Br)cc1CNC(=O)CC1CCN(S(=O)(=O)c2ccccc2)CC1. The second-order valence-electron chi connectivity index (χ2n) is 7.10. The summed E-state index contributed by atoms with van der Waals surface area (Å²) in [5.41, 5.74) is 0.902. The molecule has 1 aliphatic heterocycles. The Labute approximate surface area is 180 Å². The third-order valence-electron chi connectivity index (χ3n) is 5.15. The zero-order chi connectivity index (χ0) is 20.9. The predicted octanol–water partition coefficient (Wildman–Crippen LogP) is 3.56. The van der Waals surface area contributed by atoms with Gasteiger partial charge in [-0.1, -0.05) is 34.1 Å².